The predicted octanol–water partition coefficient (Wildman–Crippen LogP) is 2.82. The van der Waals surface area contributed by atoms with Gasteiger partial charge in [-0.25, -0.2) is 0 Å². The van der Waals surface area contributed by atoms with Crippen LogP contribution in [0.1, 0.15) is 15.9 Å². The summed E-state index contributed by atoms with van der Waals surface area (Å²) >= 11 is 6.08. The molecule has 7 heteroatoms. The number of nitrogens with two attached hydrogens (primary N) is 1. The molecule has 0 spiro atoms. The molecule has 122 valence electrons. The van der Waals surface area contributed by atoms with Gasteiger partial charge in [0.2, 0.25) is 12.7 Å². The van der Waals surface area contributed by atoms with Gasteiger partial charge in [0.25, 0.3) is 5.91 Å². The van der Waals surface area contributed by atoms with Crippen LogP contribution in [0, 0.1) is 0 Å². The monoisotopic (exact) mass is 344 g/mol. The van der Waals surface area contributed by atoms with Crippen LogP contribution in [0.5, 0.6) is 11.5 Å². The Kier molecular flexibility index (Phi) is 4.39. The Bertz CT molecular complexity index is 848. The molecule has 1 heterocycles. The van der Waals surface area contributed by atoms with Crippen LogP contribution in [0.3, 0.4) is 0 Å². The normalized spacial score (nSPS) is 12.4. The molecule has 0 radical (unpaired) electrons. The van der Waals surface area contributed by atoms with Gasteiger partial charge in [0, 0.05) is 6.08 Å². The molecule has 0 saturated heterocycles. The van der Waals surface area contributed by atoms with E-state index in [2.05, 4.69) is 5.32 Å². The maximum Gasteiger partial charge on any atom is 0.250 e. The molecule has 1 aliphatic heterocycles. The Hall–Kier alpha value is -2.99. The molecule has 0 unspecified atom stereocenters. The minimum atomic E-state index is -0.613. The largest absolute Gasteiger partial charge is 0.454 e. The summed E-state index contributed by atoms with van der Waals surface area (Å²) in [5.74, 6) is 0.00482. The van der Waals surface area contributed by atoms with Crippen molar-refractivity contribution in [2.75, 3.05) is 12.1 Å². The molecule has 6 nitrogen and oxygen atoms in total. The molecule has 0 aromatic heterocycles. The lowest BCUT2D eigenvalue weighted by molar-refractivity contribution is -0.111. The maximum atomic E-state index is 12.0. The first kappa shape index (κ1) is 15.9. The summed E-state index contributed by atoms with van der Waals surface area (Å²) in [5.41, 5.74) is 6.55. The topological polar surface area (TPSA) is 90.7 Å². The number of carbonyl (C=O) groups is 2. The molecule has 0 aliphatic carbocycles. The number of halogens is 1. The number of benzene rings is 2. The van der Waals surface area contributed by atoms with E-state index < -0.39 is 11.8 Å². The summed E-state index contributed by atoms with van der Waals surface area (Å²) in [4.78, 5) is 23.4. The van der Waals surface area contributed by atoms with E-state index in [0.29, 0.717) is 27.8 Å². The second-order valence-electron chi connectivity index (χ2n) is 4.97. The van der Waals surface area contributed by atoms with Gasteiger partial charge in [-0.2, -0.15) is 0 Å². The summed E-state index contributed by atoms with van der Waals surface area (Å²) in [6.45, 7) is 0.118. The number of primary amides is 1. The molecule has 0 atom stereocenters. The molecular weight excluding hydrogens is 332 g/mol. The summed E-state index contributed by atoms with van der Waals surface area (Å²) in [5, 5.41) is 3.02. The van der Waals surface area contributed by atoms with Crippen LogP contribution in [0.25, 0.3) is 6.08 Å². The molecule has 3 N–H and O–H groups in total. The van der Waals surface area contributed by atoms with Crippen molar-refractivity contribution in [1.82, 2.24) is 0 Å². The second kappa shape index (κ2) is 6.64. The highest BCUT2D eigenvalue weighted by molar-refractivity contribution is 6.32. The molecule has 2 amide bonds. The van der Waals surface area contributed by atoms with Crippen molar-refractivity contribution in [1.29, 1.82) is 0 Å². The Morgan fingerprint density at radius 1 is 1.21 bits per heavy atom. The fourth-order valence-electron chi connectivity index (χ4n) is 2.24. The zero-order valence-electron chi connectivity index (χ0n) is 12.4. The van der Waals surface area contributed by atoms with E-state index in [1.54, 1.807) is 42.5 Å². The Morgan fingerprint density at radius 3 is 2.79 bits per heavy atom. The quantitative estimate of drug-likeness (QED) is 0.834. The molecule has 2 aromatic carbocycles. The van der Waals surface area contributed by atoms with E-state index in [4.69, 9.17) is 26.8 Å². The molecule has 2 aromatic rings. The van der Waals surface area contributed by atoms with Crippen LogP contribution in [0.4, 0.5) is 5.69 Å². The maximum absolute atomic E-state index is 12.0. The van der Waals surface area contributed by atoms with E-state index in [-0.39, 0.29) is 12.4 Å². The molecule has 0 fully saturated rings. The first-order valence-corrected chi connectivity index (χ1v) is 7.39. The molecular formula is C17H13ClN2O4. The molecule has 3 rings (SSSR count). The van der Waals surface area contributed by atoms with E-state index >= 15 is 0 Å². The van der Waals surface area contributed by atoms with Crippen molar-refractivity contribution in [2.45, 2.75) is 0 Å². The minimum Gasteiger partial charge on any atom is -0.454 e. The van der Waals surface area contributed by atoms with E-state index in [0.717, 1.165) is 0 Å². The van der Waals surface area contributed by atoms with E-state index in [1.165, 1.54) is 6.08 Å². The van der Waals surface area contributed by atoms with Crippen LogP contribution in [-0.4, -0.2) is 18.6 Å². The zero-order chi connectivity index (χ0) is 17.1. The lowest BCUT2D eigenvalue weighted by Crippen LogP contribution is -2.16. The van der Waals surface area contributed by atoms with Gasteiger partial charge >= 0.3 is 0 Å². The van der Waals surface area contributed by atoms with Crippen LogP contribution in [0.2, 0.25) is 5.02 Å². The van der Waals surface area contributed by atoms with Gasteiger partial charge in [-0.3, -0.25) is 9.59 Å². The average Bonchev–Trinajstić information content (AvgIpc) is 3.02. The van der Waals surface area contributed by atoms with Gasteiger partial charge < -0.3 is 20.5 Å². The van der Waals surface area contributed by atoms with Crippen LogP contribution in [-0.2, 0) is 4.79 Å². The van der Waals surface area contributed by atoms with Crippen molar-refractivity contribution < 1.29 is 19.1 Å². The van der Waals surface area contributed by atoms with Crippen molar-refractivity contribution in [3.63, 3.8) is 0 Å². The SMILES string of the molecule is NC(=O)c1ccccc1NC(=O)/C=C/c1cc(Cl)c2c(c1)OCO2. The number of nitrogens with one attached hydrogen (secondary N) is 1. The fraction of sp³-hybridized carbons (Fsp3) is 0.0588. The van der Waals surface area contributed by atoms with Gasteiger partial charge in [-0.1, -0.05) is 23.7 Å². The number of amides is 2. The van der Waals surface area contributed by atoms with Crippen molar-refractivity contribution in [3.8, 4) is 11.5 Å². The number of rotatable bonds is 4. The Labute approximate surface area is 142 Å². The highest BCUT2D eigenvalue weighted by atomic mass is 35.5. The number of fused-ring (bicyclic) bond motifs is 1. The third kappa shape index (κ3) is 3.33. The third-order valence-electron chi connectivity index (χ3n) is 3.33. The summed E-state index contributed by atoms with van der Waals surface area (Å²) in [6, 6.07) is 9.89. The van der Waals surface area contributed by atoms with Crippen LogP contribution >= 0.6 is 11.6 Å². The lowest BCUT2D eigenvalue weighted by atomic mass is 10.1. The van der Waals surface area contributed by atoms with Gasteiger partial charge in [-0.05, 0) is 35.9 Å². The lowest BCUT2D eigenvalue weighted by Gasteiger charge is -2.06. The van der Waals surface area contributed by atoms with Gasteiger partial charge in [0.1, 0.15) is 0 Å². The Balaban J connectivity index is 1.75. The minimum absolute atomic E-state index is 0.118. The second-order valence-corrected chi connectivity index (χ2v) is 5.38. The number of hydrogen-bond acceptors (Lipinski definition) is 4. The van der Waals surface area contributed by atoms with E-state index in [9.17, 15) is 9.59 Å². The first-order valence-electron chi connectivity index (χ1n) is 7.01. The van der Waals surface area contributed by atoms with Gasteiger partial charge in [-0.15, -0.1) is 0 Å². The summed E-state index contributed by atoms with van der Waals surface area (Å²) in [7, 11) is 0. The number of ether oxygens (including phenoxy) is 2. The number of carbonyl (C=O) groups excluding carboxylic acids is 2. The van der Waals surface area contributed by atoms with Gasteiger partial charge in [0.05, 0.1) is 16.3 Å². The predicted molar refractivity (Wildman–Crippen MR) is 90.2 cm³/mol. The standard InChI is InChI=1S/C17H13ClN2O4/c18-12-7-10(8-14-16(12)24-9-23-14)5-6-15(21)20-13-4-2-1-3-11(13)17(19)22/h1-8H,9H2,(H2,19,22)(H,20,21)/b6-5+. The molecule has 1 aliphatic rings. The van der Waals surface area contributed by atoms with Crippen molar-refractivity contribution in [3.05, 3.63) is 58.6 Å². The van der Waals surface area contributed by atoms with Crippen molar-refractivity contribution in [2.24, 2.45) is 5.73 Å². The summed E-state index contributed by atoms with van der Waals surface area (Å²) in [6.07, 6.45) is 2.90. The molecule has 24 heavy (non-hydrogen) atoms. The Morgan fingerprint density at radius 2 is 2.00 bits per heavy atom. The smallest absolute Gasteiger partial charge is 0.250 e. The highest BCUT2D eigenvalue weighted by Crippen LogP contribution is 2.40. The molecule has 0 saturated carbocycles. The summed E-state index contributed by atoms with van der Waals surface area (Å²) < 4.78 is 10.5. The molecule has 0 bridgehead atoms. The zero-order valence-corrected chi connectivity index (χ0v) is 13.2. The van der Waals surface area contributed by atoms with Crippen molar-refractivity contribution >= 4 is 35.2 Å². The number of hydrogen-bond donors (Lipinski definition) is 2. The van der Waals surface area contributed by atoms with Gasteiger partial charge in [0.15, 0.2) is 11.5 Å². The van der Waals surface area contributed by atoms with Crippen LogP contribution < -0.4 is 20.5 Å². The highest BCUT2D eigenvalue weighted by Gasteiger charge is 2.17. The van der Waals surface area contributed by atoms with E-state index in [1.807, 2.05) is 0 Å². The first-order chi connectivity index (χ1) is 11.5. The number of para-hydroxylation sites is 1. The third-order valence-corrected chi connectivity index (χ3v) is 3.61. The average molecular weight is 345 g/mol. The fourth-order valence-corrected chi connectivity index (χ4v) is 2.51. The number of anilines is 1. The van der Waals surface area contributed by atoms with Crippen LogP contribution in [0.15, 0.2) is 42.5 Å².